The van der Waals surface area contributed by atoms with Crippen LogP contribution in [0.1, 0.15) is 62.2 Å². The third kappa shape index (κ3) is 6.05. The van der Waals surface area contributed by atoms with Crippen molar-refractivity contribution >= 4 is 28.6 Å². The molecule has 9 nitrogen and oxygen atoms in total. The van der Waals surface area contributed by atoms with Gasteiger partial charge in [-0.1, -0.05) is 18.2 Å². The quantitative estimate of drug-likeness (QED) is 0.449. The molecule has 200 valence electrons. The SMILES string of the molecule is CCO[C@@H]1OC(C(=O)NCCCN2CCCC2=O)=C[C@H](c2cn(C(C)=O)c3ccccc23)[C@H]1CCCO. The fourth-order valence-electron chi connectivity index (χ4n) is 5.35. The Morgan fingerprint density at radius 2 is 2.05 bits per heavy atom. The minimum atomic E-state index is -0.672. The standard InChI is InChI=1S/C28H37N3O6/c1-3-36-28-21(10-7-16-32)22(23-18-31(19(2)33)24-11-5-4-9-20(23)24)17-25(37-28)27(35)29-13-8-15-30-14-6-12-26(30)34/h4-5,9,11,17-18,21-22,28,32H,3,6-8,10,12-16H2,1-2H3,(H,29,35)/t21-,22+,28-/m1/s1. The summed E-state index contributed by atoms with van der Waals surface area (Å²) < 4.78 is 13.7. The molecule has 9 heteroatoms. The lowest BCUT2D eigenvalue weighted by Crippen LogP contribution is -2.39. The normalized spacial score (nSPS) is 21.7. The van der Waals surface area contributed by atoms with Crippen LogP contribution in [0.25, 0.3) is 10.9 Å². The van der Waals surface area contributed by atoms with E-state index in [1.807, 2.05) is 48.4 Å². The molecule has 3 heterocycles. The number of para-hydroxylation sites is 1. The van der Waals surface area contributed by atoms with Gasteiger partial charge >= 0.3 is 0 Å². The van der Waals surface area contributed by atoms with Crippen LogP contribution in [-0.4, -0.2) is 71.4 Å². The predicted molar refractivity (Wildman–Crippen MR) is 139 cm³/mol. The molecule has 2 aromatic rings. The summed E-state index contributed by atoms with van der Waals surface area (Å²) >= 11 is 0. The maximum absolute atomic E-state index is 13.1. The minimum absolute atomic E-state index is 0.0356. The van der Waals surface area contributed by atoms with Crippen molar-refractivity contribution in [3.05, 3.63) is 47.9 Å². The van der Waals surface area contributed by atoms with Gasteiger partial charge in [0.05, 0.1) is 5.52 Å². The summed E-state index contributed by atoms with van der Waals surface area (Å²) in [5.41, 5.74) is 1.72. The Hall–Kier alpha value is -3.17. The number of hydrogen-bond donors (Lipinski definition) is 2. The van der Waals surface area contributed by atoms with Crippen LogP contribution in [0.15, 0.2) is 42.3 Å². The van der Waals surface area contributed by atoms with Crippen LogP contribution in [0, 0.1) is 5.92 Å². The number of rotatable bonds is 11. The fraction of sp³-hybridized carbons (Fsp3) is 0.536. The number of nitrogens with one attached hydrogen (secondary N) is 1. The zero-order valence-corrected chi connectivity index (χ0v) is 21.7. The molecule has 2 aliphatic rings. The zero-order chi connectivity index (χ0) is 26.4. The van der Waals surface area contributed by atoms with E-state index in [4.69, 9.17) is 9.47 Å². The highest BCUT2D eigenvalue weighted by atomic mass is 16.7. The van der Waals surface area contributed by atoms with Crippen molar-refractivity contribution in [3.63, 3.8) is 0 Å². The van der Waals surface area contributed by atoms with Gasteiger partial charge in [-0.3, -0.25) is 19.0 Å². The van der Waals surface area contributed by atoms with Crippen LogP contribution in [0.4, 0.5) is 0 Å². The number of ether oxygens (including phenoxy) is 2. The summed E-state index contributed by atoms with van der Waals surface area (Å²) in [7, 11) is 0. The third-order valence-electron chi connectivity index (χ3n) is 7.14. The van der Waals surface area contributed by atoms with Crippen molar-refractivity contribution in [2.24, 2.45) is 5.92 Å². The van der Waals surface area contributed by atoms with Crippen LogP contribution >= 0.6 is 0 Å². The van der Waals surface area contributed by atoms with Gasteiger partial charge in [0, 0.05) is 69.6 Å². The molecule has 0 unspecified atom stereocenters. The number of carbonyl (C=O) groups excluding carboxylic acids is 3. The molecule has 1 aromatic heterocycles. The van der Waals surface area contributed by atoms with E-state index in [0.29, 0.717) is 45.4 Å². The molecule has 2 aliphatic heterocycles. The van der Waals surface area contributed by atoms with E-state index in [9.17, 15) is 19.5 Å². The Balaban J connectivity index is 1.60. The van der Waals surface area contributed by atoms with Crippen molar-refractivity contribution in [2.75, 3.05) is 32.8 Å². The molecule has 37 heavy (non-hydrogen) atoms. The molecule has 1 fully saturated rings. The molecule has 1 aromatic carbocycles. The maximum Gasteiger partial charge on any atom is 0.286 e. The van der Waals surface area contributed by atoms with E-state index in [-0.39, 0.29) is 41.9 Å². The topological polar surface area (TPSA) is 110 Å². The Bertz CT molecular complexity index is 1160. The first-order chi connectivity index (χ1) is 17.9. The van der Waals surface area contributed by atoms with Gasteiger partial charge in [0.2, 0.25) is 18.1 Å². The van der Waals surface area contributed by atoms with Gasteiger partial charge in [-0.25, -0.2) is 0 Å². The largest absolute Gasteiger partial charge is 0.459 e. The Morgan fingerprint density at radius 3 is 2.76 bits per heavy atom. The number of allylic oxidation sites excluding steroid dienone is 1. The van der Waals surface area contributed by atoms with Crippen molar-refractivity contribution in [2.45, 2.75) is 58.2 Å². The molecule has 0 aliphatic carbocycles. The second-order valence-electron chi connectivity index (χ2n) is 9.61. The molecule has 0 saturated carbocycles. The van der Waals surface area contributed by atoms with E-state index in [0.717, 1.165) is 29.4 Å². The van der Waals surface area contributed by atoms with Crippen molar-refractivity contribution in [3.8, 4) is 0 Å². The summed E-state index contributed by atoms with van der Waals surface area (Å²) in [5, 5.41) is 13.4. The molecule has 3 atom stereocenters. The van der Waals surface area contributed by atoms with Gasteiger partial charge in [-0.2, -0.15) is 0 Å². The number of hydrogen-bond acceptors (Lipinski definition) is 6. The number of aliphatic hydroxyl groups excluding tert-OH is 1. The second-order valence-corrected chi connectivity index (χ2v) is 9.61. The van der Waals surface area contributed by atoms with Gasteiger partial charge in [0.15, 0.2) is 5.76 Å². The van der Waals surface area contributed by atoms with Crippen molar-refractivity contribution < 1.29 is 29.0 Å². The Labute approximate surface area is 217 Å². The van der Waals surface area contributed by atoms with Crippen LogP contribution in [0.2, 0.25) is 0 Å². The average molecular weight is 512 g/mol. The van der Waals surface area contributed by atoms with Crippen molar-refractivity contribution in [1.29, 1.82) is 0 Å². The highest BCUT2D eigenvalue weighted by Gasteiger charge is 2.39. The number of benzene rings is 1. The second kappa shape index (κ2) is 12.4. The van der Waals surface area contributed by atoms with E-state index in [2.05, 4.69) is 5.32 Å². The number of amides is 2. The molecule has 0 bridgehead atoms. The molecule has 0 radical (unpaired) electrons. The average Bonchev–Trinajstić information content (AvgIpc) is 3.49. The van der Waals surface area contributed by atoms with Gasteiger partial charge in [0.1, 0.15) is 0 Å². The first-order valence-electron chi connectivity index (χ1n) is 13.2. The molecule has 2 amide bonds. The van der Waals surface area contributed by atoms with Gasteiger partial charge in [-0.05, 0) is 50.3 Å². The summed E-state index contributed by atoms with van der Waals surface area (Å²) in [6.07, 6.45) is 6.34. The van der Waals surface area contributed by atoms with Crippen LogP contribution in [0.5, 0.6) is 0 Å². The fourth-order valence-corrected chi connectivity index (χ4v) is 5.35. The zero-order valence-electron chi connectivity index (χ0n) is 21.7. The summed E-state index contributed by atoms with van der Waals surface area (Å²) in [6, 6.07) is 7.71. The highest BCUT2D eigenvalue weighted by Crippen LogP contribution is 2.42. The van der Waals surface area contributed by atoms with Crippen LogP contribution in [0.3, 0.4) is 0 Å². The highest BCUT2D eigenvalue weighted by molar-refractivity contribution is 5.95. The lowest BCUT2D eigenvalue weighted by Gasteiger charge is -2.36. The minimum Gasteiger partial charge on any atom is -0.459 e. The maximum atomic E-state index is 13.1. The van der Waals surface area contributed by atoms with Gasteiger partial charge in [-0.15, -0.1) is 0 Å². The first kappa shape index (κ1) is 26.9. The lowest BCUT2D eigenvalue weighted by molar-refractivity contribution is -0.166. The van der Waals surface area contributed by atoms with E-state index < -0.39 is 6.29 Å². The van der Waals surface area contributed by atoms with Crippen molar-refractivity contribution in [1.82, 2.24) is 14.8 Å². The lowest BCUT2D eigenvalue weighted by atomic mass is 9.80. The Kier molecular flexibility index (Phi) is 9.00. The number of likely N-dealkylation sites (tertiary alicyclic amines) is 1. The van der Waals surface area contributed by atoms with E-state index >= 15 is 0 Å². The number of carbonyl (C=O) groups is 3. The number of aliphatic hydroxyl groups is 1. The molecule has 2 N–H and O–H groups in total. The molecule has 1 saturated heterocycles. The molecule has 4 rings (SSSR count). The monoisotopic (exact) mass is 511 g/mol. The number of nitrogens with zero attached hydrogens (tertiary/aromatic N) is 2. The number of aromatic nitrogens is 1. The summed E-state index contributed by atoms with van der Waals surface area (Å²) in [5.74, 6) is -0.493. The molecular weight excluding hydrogens is 474 g/mol. The smallest absolute Gasteiger partial charge is 0.286 e. The van der Waals surface area contributed by atoms with E-state index in [1.54, 1.807) is 4.57 Å². The molecular formula is C28H37N3O6. The van der Waals surface area contributed by atoms with E-state index in [1.165, 1.54) is 6.92 Å². The predicted octanol–water partition coefficient (Wildman–Crippen LogP) is 3.18. The summed E-state index contributed by atoms with van der Waals surface area (Å²) in [4.78, 5) is 39.2. The first-order valence-corrected chi connectivity index (χ1v) is 13.2. The van der Waals surface area contributed by atoms with Crippen LogP contribution < -0.4 is 5.32 Å². The van der Waals surface area contributed by atoms with Crippen LogP contribution in [-0.2, 0) is 19.1 Å². The van der Waals surface area contributed by atoms with Gasteiger partial charge < -0.3 is 24.8 Å². The Morgan fingerprint density at radius 1 is 1.24 bits per heavy atom. The number of fused-ring (bicyclic) bond motifs is 1. The third-order valence-corrected chi connectivity index (χ3v) is 7.14. The summed E-state index contributed by atoms with van der Waals surface area (Å²) in [6.45, 7) is 5.66. The van der Waals surface area contributed by atoms with Gasteiger partial charge in [0.25, 0.3) is 5.91 Å². The molecule has 0 spiro atoms.